The van der Waals surface area contributed by atoms with E-state index in [9.17, 15) is 14.0 Å². The van der Waals surface area contributed by atoms with E-state index in [1.807, 2.05) is 48.5 Å². The van der Waals surface area contributed by atoms with Gasteiger partial charge in [-0.1, -0.05) is 24.3 Å². The van der Waals surface area contributed by atoms with Gasteiger partial charge in [-0.25, -0.2) is 9.40 Å². The summed E-state index contributed by atoms with van der Waals surface area (Å²) in [6, 6.07) is 19.9. The highest BCUT2D eigenvalue weighted by Gasteiger charge is 2.36. The number of benzene rings is 3. The molecule has 1 heterocycles. The number of rotatable bonds is 10. The first kappa shape index (κ1) is 26.8. The zero-order valence-corrected chi connectivity index (χ0v) is 21.6. The molecule has 0 aliphatic carbocycles. The van der Waals surface area contributed by atoms with E-state index < -0.39 is 17.8 Å². The number of methoxy groups -OCH3 is 3. The standard InChI is InChI=1S/C29H30FN3O5/c1-36-16-15-32(29(35)21-7-6-8-22(30)17-21)19-28(34)33-26(24-9-4-5-10-27(24)38-3)18-25(31-33)20-11-13-23(37-2)14-12-20/h4-14,17,26H,15-16,18-19H2,1-3H3/t26-/m1/s1. The molecule has 0 aromatic heterocycles. The maximum absolute atomic E-state index is 13.8. The van der Waals surface area contributed by atoms with E-state index in [1.165, 1.54) is 35.2 Å². The van der Waals surface area contributed by atoms with E-state index in [0.717, 1.165) is 22.9 Å². The maximum atomic E-state index is 13.8. The molecular formula is C29H30FN3O5. The summed E-state index contributed by atoms with van der Waals surface area (Å²) >= 11 is 0. The fourth-order valence-electron chi connectivity index (χ4n) is 4.38. The number of hydrogen-bond donors (Lipinski definition) is 0. The highest BCUT2D eigenvalue weighted by molar-refractivity contribution is 6.04. The van der Waals surface area contributed by atoms with Crippen molar-refractivity contribution in [3.8, 4) is 11.5 Å². The highest BCUT2D eigenvalue weighted by Crippen LogP contribution is 2.37. The fraction of sp³-hybridized carbons (Fsp3) is 0.276. The molecule has 0 bridgehead atoms. The number of amides is 2. The quantitative estimate of drug-likeness (QED) is 0.399. The Morgan fingerprint density at radius 1 is 1.00 bits per heavy atom. The molecule has 198 valence electrons. The molecule has 0 saturated heterocycles. The van der Waals surface area contributed by atoms with E-state index >= 15 is 0 Å². The van der Waals surface area contributed by atoms with Crippen LogP contribution < -0.4 is 9.47 Å². The Hall–Kier alpha value is -4.24. The van der Waals surface area contributed by atoms with Crippen molar-refractivity contribution in [1.82, 2.24) is 9.91 Å². The van der Waals surface area contributed by atoms with Crippen molar-refractivity contribution < 1.29 is 28.2 Å². The van der Waals surface area contributed by atoms with Crippen LogP contribution in [-0.4, -0.2) is 68.5 Å². The highest BCUT2D eigenvalue weighted by atomic mass is 19.1. The lowest BCUT2D eigenvalue weighted by Crippen LogP contribution is -2.42. The fourth-order valence-corrected chi connectivity index (χ4v) is 4.38. The molecule has 38 heavy (non-hydrogen) atoms. The summed E-state index contributed by atoms with van der Waals surface area (Å²) < 4.78 is 29.8. The van der Waals surface area contributed by atoms with Gasteiger partial charge >= 0.3 is 0 Å². The number of nitrogens with zero attached hydrogens (tertiary/aromatic N) is 3. The molecule has 2 amide bonds. The molecule has 4 rings (SSSR count). The second-order valence-corrected chi connectivity index (χ2v) is 8.71. The van der Waals surface area contributed by atoms with Crippen LogP contribution in [0.1, 0.15) is 33.9 Å². The average molecular weight is 520 g/mol. The molecule has 1 atom stereocenters. The summed E-state index contributed by atoms with van der Waals surface area (Å²) in [5, 5.41) is 6.11. The molecule has 3 aromatic rings. The van der Waals surface area contributed by atoms with Gasteiger partial charge in [0.25, 0.3) is 11.8 Å². The van der Waals surface area contributed by atoms with Crippen LogP contribution in [0.2, 0.25) is 0 Å². The summed E-state index contributed by atoms with van der Waals surface area (Å²) in [5.74, 6) is -0.0364. The van der Waals surface area contributed by atoms with E-state index in [4.69, 9.17) is 19.3 Å². The topological polar surface area (TPSA) is 80.7 Å². The number of carbonyl (C=O) groups excluding carboxylic acids is 2. The van der Waals surface area contributed by atoms with Crippen LogP contribution in [0.3, 0.4) is 0 Å². The van der Waals surface area contributed by atoms with Crippen molar-refractivity contribution in [1.29, 1.82) is 0 Å². The van der Waals surface area contributed by atoms with Crippen LogP contribution in [0.15, 0.2) is 77.9 Å². The average Bonchev–Trinajstić information content (AvgIpc) is 3.40. The Morgan fingerprint density at radius 2 is 1.76 bits per heavy atom. The van der Waals surface area contributed by atoms with Gasteiger partial charge in [0.05, 0.1) is 32.6 Å². The molecule has 0 saturated carbocycles. The molecule has 9 heteroatoms. The lowest BCUT2D eigenvalue weighted by Gasteiger charge is -2.27. The summed E-state index contributed by atoms with van der Waals surface area (Å²) in [7, 11) is 4.69. The third kappa shape index (κ3) is 6.00. The van der Waals surface area contributed by atoms with Gasteiger partial charge in [0.2, 0.25) is 0 Å². The van der Waals surface area contributed by atoms with E-state index in [-0.39, 0.29) is 31.2 Å². The van der Waals surface area contributed by atoms with Crippen LogP contribution in [0.5, 0.6) is 11.5 Å². The number of ether oxygens (including phenoxy) is 3. The smallest absolute Gasteiger partial charge is 0.262 e. The van der Waals surface area contributed by atoms with Crippen LogP contribution in [-0.2, 0) is 9.53 Å². The largest absolute Gasteiger partial charge is 0.497 e. The van der Waals surface area contributed by atoms with Crippen molar-refractivity contribution in [2.24, 2.45) is 5.10 Å². The molecule has 1 aliphatic rings. The molecule has 0 unspecified atom stereocenters. The zero-order valence-electron chi connectivity index (χ0n) is 21.6. The lowest BCUT2D eigenvalue weighted by molar-refractivity contribution is -0.133. The first-order valence-corrected chi connectivity index (χ1v) is 12.2. The third-order valence-electron chi connectivity index (χ3n) is 6.34. The summed E-state index contributed by atoms with van der Waals surface area (Å²) in [6.07, 6.45) is 0.453. The molecule has 0 spiro atoms. The third-order valence-corrected chi connectivity index (χ3v) is 6.34. The van der Waals surface area contributed by atoms with E-state index in [0.29, 0.717) is 17.9 Å². The minimum atomic E-state index is -0.529. The lowest BCUT2D eigenvalue weighted by atomic mass is 9.97. The van der Waals surface area contributed by atoms with Crippen molar-refractivity contribution >= 4 is 17.5 Å². The predicted molar refractivity (Wildman–Crippen MR) is 141 cm³/mol. The van der Waals surface area contributed by atoms with Crippen molar-refractivity contribution in [2.75, 3.05) is 41.0 Å². The van der Waals surface area contributed by atoms with Gasteiger partial charge in [0.15, 0.2) is 0 Å². The minimum Gasteiger partial charge on any atom is -0.497 e. The SMILES string of the molecule is COCCN(CC(=O)N1N=C(c2ccc(OC)cc2)C[C@@H]1c1ccccc1OC)C(=O)c1cccc(F)c1. The number of hydrogen-bond acceptors (Lipinski definition) is 6. The number of hydrazone groups is 1. The first-order valence-electron chi connectivity index (χ1n) is 12.2. The molecule has 0 fully saturated rings. The van der Waals surface area contributed by atoms with Crippen LogP contribution in [0.4, 0.5) is 4.39 Å². The Balaban J connectivity index is 1.66. The maximum Gasteiger partial charge on any atom is 0.262 e. The first-order chi connectivity index (χ1) is 18.4. The van der Waals surface area contributed by atoms with Gasteiger partial charge in [0, 0.05) is 31.2 Å². The minimum absolute atomic E-state index is 0.152. The van der Waals surface area contributed by atoms with E-state index in [1.54, 1.807) is 14.2 Å². The Bertz CT molecular complexity index is 1310. The molecule has 0 radical (unpaired) electrons. The second kappa shape index (κ2) is 12.3. The van der Waals surface area contributed by atoms with Crippen LogP contribution in [0, 0.1) is 5.82 Å². The molecule has 0 N–H and O–H groups in total. The summed E-state index contributed by atoms with van der Waals surface area (Å²) in [4.78, 5) is 28.3. The van der Waals surface area contributed by atoms with Gasteiger partial charge in [-0.15, -0.1) is 0 Å². The van der Waals surface area contributed by atoms with Gasteiger partial charge < -0.3 is 19.1 Å². The normalized spacial score (nSPS) is 14.7. The van der Waals surface area contributed by atoms with Gasteiger partial charge in [-0.05, 0) is 54.1 Å². The summed E-state index contributed by atoms with van der Waals surface area (Å²) in [5.41, 5.74) is 2.53. The van der Waals surface area contributed by atoms with Crippen molar-refractivity contribution in [3.05, 3.63) is 95.3 Å². The van der Waals surface area contributed by atoms with Crippen LogP contribution >= 0.6 is 0 Å². The zero-order chi connectivity index (χ0) is 27.1. The Kier molecular flexibility index (Phi) is 8.70. The van der Waals surface area contributed by atoms with Crippen molar-refractivity contribution in [3.63, 3.8) is 0 Å². The van der Waals surface area contributed by atoms with Crippen LogP contribution in [0.25, 0.3) is 0 Å². The van der Waals surface area contributed by atoms with Gasteiger partial charge in [-0.2, -0.15) is 5.10 Å². The molecule has 3 aromatic carbocycles. The number of carbonyl (C=O) groups is 2. The van der Waals surface area contributed by atoms with Gasteiger partial charge in [-0.3, -0.25) is 9.59 Å². The Labute approximate surface area is 221 Å². The monoisotopic (exact) mass is 519 g/mol. The van der Waals surface area contributed by atoms with Gasteiger partial charge in [0.1, 0.15) is 23.9 Å². The molecule has 1 aliphatic heterocycles. The number of halogens is 1. The van der Waals surface area contributed by atoms with Crippen molar-refractivity contribution in [2.45, 2.75) is 12.5 Å². The molecule has 8 nitrogen and oxygen atoms in total. The number of para-hydroxylation sites is 1. The predicted octanol–water partition coefficient (Wildman–Crippen LogP) is 4.31. The molecular weight excluding hydrogens is 489 g/mol. The van der Waals surface area contributed by atoms with E-state index in [2.05, 4.69) is 0 Å². The summed E-state index contributed by atoms with van der Waals surface area (Å²) in [6.45, 7) is 0.105. The second-order valence-electron chi connectivity index (χ2n) is 8.71. The Morgan fingerprint density at radius 3 is 2.45 bits per heavy atom.